The number of nitrogens with zero attached hydrogens (tertiary/aromatic N) is 1. The zero-order chi connectivity index (χ0) is 20.2. The average molecular weight is 381 g/mol. The lowest BCUT2D eigenvalue weighted by molar-refractivity contribution is 0.0601. The van der Waals surface area contributed by atoms with Gasteiger partial charge in [-0.05, 0) is 35.7 Å². The van der Waals surface area contributed by atoms with Gasteiger partial charge in [-0.2, -0.15) is 0 Å². The molecule has 0 radical (unpaired) electrons. The van der Waals surface area contributed by atoms with Crippen molar-refractivity contribution < 1.29 is 14.3 Å². The van der Waals surface area contributed by atoms with Gasteiger partial charge in [-0.1, -0.05) is 66.7 Å². The summed E-state index contributed by atoms with van der Waals surface area (Å²) < 4.78 is 4.96. The molecule has 0 aliphatic rings. The minimum absolute atomic E-state index is 0.224. The Morgan fingerprint density at radius 3 is 2.10 bits per heavy atom. The molecule has 0 bridgehead atoms. The van der Waals surface area contributed by atoms with Crippen LogP contribution in [0.15, 0.2) is 97.1 Å². The highest BCUT2D eigenvalue weighted by atomic mass is 16.5. The molecule has 1 amide bonds. The molecule has 4 nitrogen and oxygen atoms in total. The van der Waals surface area contributed by atoms with Crippen LogP contribution in [0.25, 0.3) is 10.8 Å². The minimum atomic E-state index is -0.494. The largest absolute Gasteiger partial charge is 0.465 e. The van der Waals surface area contributed by atoms with Crippen LogP contribution < -0.4 is 4.90 Å². The molecular weight excluding hydrogens is 362 g/mol. The summed E-state index contributed by atoms with van der Waals surface area (Å²) in [5.41, 5.74) is 2.03. The first-order valence-corrected chi connectivity index (χ1v) is 9.25. The normalized spacial score (nSPS) is 10.5. The monoisotopic (exact) mass is 381 g/mol. The summed E-state index contributed by atoms with van der Waals surface area (Å²) in [6.45, 7) is 0. The molecule has 4 rings (SSSR count). The third-order valence-corrected chi connectivity index (χ3v) is 4.78. The van der Waals surface area contributed by atoms with Crippen LogP contribution in [0.3, 0.4) is 0 Å². The van der Waals surface area contributed by atoms with E-state index in [0.717, 1.165) is 10.8 Å². The van der Waals surface area contributed by atoms with Crippen LogP contribution in [0.4, 0.5) is 11.4 Å². The van der Waals surface area contributed by atoms with Gasteiger partial charge in [-0.25, -0.2) is 4.79 Å². The molecule has 29 heavy (non-hydrogen) atoms. The quantitative estimate of drug-likeness (QED) is 0.432. The SMILES string of the molecule is COC(=O)c1ccccc1N(C(=O)c1ccccc1)c1cccc2ccccc12. The second-order valence-electron chi connectivity index (χ2n) is 6.51. The lowest BCUT2D eigenvalue weighted by Gasteiger charge is -2.26. The van der Waals surface area contributed by atoms with Gasteiger partial charge >= 0.3 is 5.97 Å². The number of amides is 1. The fourth-order valence-corrected chi connectivity index (χ4v) is 3.41. The number of ether oxygens (including phenoxy) is 1. The third kappa shape index (κ3) is 3.48. The number of esters is 1. The highest BCUT2D eigenvalue weighted by Crippen LogP contribution is 2.35. The van der Waals surface area contributed by atoms with Crippen LogP contribution in [0.5, 0.6) is 0 Å². The predicted octanol–water partition coefficient (Wildman–Crippen LogP) is 5.60. The Morgan fingerprint density at radius 1 is 0.690 bits per heavy atom. The van der Waals surface area contributed by atoms with Crippen molar-refractivity contribution >= 4 is 34.0 Å². The van der Waals surface area contributed by atoms with Gasteiger partial charge in [0.2, 0.25) is 0 Å². The molecule has 0 heterocycles. The first-order chi connectivity index (χ1) is 14.2. The smallest absolute Gasteiger partial charge is 0.339 e. The van der Waals surface area contributed by atoms with E-state index in [-0.39, 0.29) is 5.91 Å². The van der Waals surface area contributed by atoms with E-state index in [9.17, 15) is 9.59 Å². The fourth-order valence-electron chi connectivity index (χ4n) is 3.41. The first-order valence-electron chi connectivity index (χ1n) is 9.25. The van der Waals surface area contributed by atoms with Crippen molar-refractivity contribution in [2.24, 2.45) is 0 Å². The van der Waals surface area contributed by atoms with Crippen molar-refractivity contribution in [3.8, 4) is 0 Å². The summed E-state index contributed by atoms with van der Waals surface area (Å²) in [4.78, 5) is 27.6. The molecule has 0 atom stereocenters. The third-order valence-electron chi connectivity index (χ3n) is 4.78. The second-order valence-corrected chi connectivity index (χ2v) is 6.51. The van der Waals surface area contributed by atoms with Crippen molar-refractivity contribution in [2.75, 3.05) is 12.0 Å². The number of hydrogen-bond acceptors (Lipinski definition) is 3. The Hall–Kier alpha value is -3.92. The van der Waals surface area contributed by atoms with Crippen LogP contribution in [-0.4, -0.2) is 19.0 Å². The van der Waals surface area contributed by atoms with Gasteiger partial charge in [0.15, 0.2) is 0 Å². The van der Waals surface area contributed by atoms with Gasteiger partial charge in [0.1, 0.15) is 0 Å². The van der Waals surface area contributed by atoms with E-state index in [1.165, 1.54) is 7.11 Å². The first kappa shape index (κ1) is 18.4. The van der Waals surface area contributed by atoms with Gasteiger partial charge < -0.3 is 4.74 Å². The topological polar surface area (TPSA) is 46.6 Å². The molecule has 0 unspecified atom stereocenters. The number of fused-ring (bicyclic) bond motifs is 1. The summed E-state index contributed by atoms with van der Waals surface area (Å²) in [5, 5.41) is 1.92. The Kier molecular flexibility index (Phi) is 5.08. The Morgan fingerprint density at radius 2 is 1.31 bits per heavy atom. The summed E-state index contributed by atoms with van der Waals surface area (Å²) in [5.74, 6) is -0.718. The molecule has 4 aromatic rings. The van der Waals surface area contributed by atoms with E-state index in [1.54, 1.807) is 41.3 Å². The molecule has 0 aliphatic heterocycles. The zero-order valence-corrected chi connectivity index (χ0v) is 15.9. The molecule has 0 N–H and O–H groups in total. The van der Waals surface area contributed by atoms with Crippen LogP contribution in [-0.2, 0) is 4.74 Å². The Balaban J connectivity index is 1.99. The van der Waals surface area contributed by atoms with Gasteiger partial charge in [0, 0.05) is 10.9 Å². The molecule has 0 aliphatic carbocycles. The van der Waals surface area contributed by atoms with Crippen molar-refractivity contribution in [1.29, 1.82) is 0 Å². The Labute approximate surface area is 169 Å². The van der Waals surface area contributed by atoms with E-state index < -0.39 is 5.97 Å². The average Bonchev–Trinajstić information content (AvgIpc) is 2.79. The number of carbonyl (C=O) groups is 2. The molecule has 4 heteroatoms. The van der Waals surface area contributed by atoms with Crippen LogP contribution in [0, 0.1) is 0 Å². The number of hydrogen-bond donors (Lipinski definition) is 0. The minimum Gasteiger partial charge on any atom is -0.465 e. The molecule has 0 saturated heterocycles. The number of benzene rings is 4. The maximum absolute atomic E-state index is 13.6. The number of anilines is 2. The molecule has 142 valence electrons. The van der Waals surface area contributed by atoms with E-state index in [4.69, 9.17) is 4.74 Å². The van der Waals surface area contributed by atoms with E-state index in [1.807, 2.05) is 60.7 Å². The van der Waals surface area contributed by atoms with Crippen LogP contribution in [0.2, 0.25) is 0 Å². The van der Waals surface area contributed by atoms with Crippen LogP contribution >= 0.6 is 0 Å². The number of methoxy groups -OCH3 is 1. The lowest BCUT2D eigenvalue weighted by Crippen LogP contribution is -2.28. The number of para-hydroxylation sites is 1. The summed E-state index contributed by atoms with van der Waals surface area (Å²) in [7, 11) is 1.33. The fraction of sp³-hybridized carbons (Fsp3) is 0.0400. The maximum atomic E-state index is 13.6. The van der Waals surface area contributed by atoms with E-state index >= 15 is 0 Å². The van der Waals surface area contributed by atoms with Gasteiger partial charge in [-0.3, -0.25) is 9.69 Å². The molecule has 0 fully saturated rings. The van der Waals surface area contributed by atoms with Gasteiger partial charge in [0.05, 0.1) is 24.0 Å². The zero-order valence-electron chi connectivity index (χ0n) is 15.9. The van der Waals surface area contributed by atoms with Crippen LogP contribution in [0.1, 0.15) is 20.7 Å². The van der Waals surface area contributed by atoms with Crippen molar-refractivity contribution in [3.63, 3.8) is 0 Å². The van der Waals surface area contributed by atoms with E-state index in [2.05, 4.69) is 0 Å². The summed E-state index contributed by atoms with van der Waals surface area (Å²) in [6, 6.07) is 29.7. The predicted molar refractivity (Wildman–Crippen MR) is 115 cm³/mol. The standard InChI is InChI=1S/C25H19NO3/c1-29-25(28)21-15-7-8-16-23(21)26(24(27)19-11-3-2-4-12-19)22-17-9-13-18-10-5-6-14-20(18)22/h2-17H,1H3. The number of rotatable bonds is 4. The maximum Gasteiger partial charge on any atom is 0.339 e. The van der Waals surface area contributed by atoms with Crippen molar-refractivity contribution in [2.45, 2.75) is 0 Å². The van der Waals surface area contributed by atoms with Gasteiger partial charge in [0.25, 0.3) is 5.91 Å². The molecule has 0 saturated carbocycles. The summed E-state index contributed by atoms with van der Waals surface area (Å²) >= 11 is 0. The molecule has 0 spiro atoms. The lowest BCUT2D eigenvalue weighted by atomic mass is 10.0. The second kappa shape index (κ2) is 7.98. The molecule has 0 aromatic heterocycles. The van der Waals surface area contributed by atoms with Crippen molar-refractivity contribution in [3.05, 3.63) is 108 Å². The number of carbonyl (C=O) groups excluding carboxylic acids is 2. The highest BCUT2D eigenvalue weighted by molar-refractivity contribution is 6.17. The highest BCUT2D eigenvalue weighted by Gasteiger charge is 2.26. The Bertz CT molecular complexity index is 1180. The van der Waals surface area contributed by atoms with E-state index in [0.29, 0.717) is 22.5 Å². The van der Waals surface area contributed by atoms with Crippen molar-refractivity contribution in [1.82, 2.24) is 0 Å². The summed E-state index contributed by atoms with van der Waals surface area (Å²) in [6.07, 6.45) is 0. The van der Waals surface area contributed by atoms with Gasteiger partial charge in [-0.15, -0.1) is 0 Å². The molecular formula is C25H19NO3. The molecule has 4 aromatic carbocycles.